The summed E-state index contributed by atoms with van der Waals surface area (Å²) in [6, 6.07) is 14.4. The van der Waals surface area contributed by atoms with E-state index in [0.717, 1.165) is 11.1 Å². The summed E-state index contributed by atoms with van der Waals surface area (Å²) in [6.07, 6.45) is 0.683. The Kier molecular flexibility index (Phi) is 6.11. The van der Waals surface area contributed by atoms with Crippen molar-refractivity contribution in [2.75, 3.05) is 18.5 Å². The molecule has 0 radical (unpaired) electrons. The van der Waals surface area contributed by atoms with Crippen molar-refractivity contribution in [3.05, 3.63) is 71.7 Å². The molecule has 0 unspecified atom stereocenters. The molecule has 0 aliphatic heterocycles. The fraction of sp³-hybridized carbons (Fsp3) is 0.217. The van der Waals surface area contributed by atoms with Crippen LogP contribution in [0.4, 0.5) is 5.82 Å². The van der Waals surface area contributed by atoms with Crippen molar-refractivity contribution in [3.8, 4) is 17.0 Å². The monoisotopic (exact) mass is 433 g/mol. The van der Waals surface area contributed by atoms with Crippen molar-refractivity contribution in [1.29, 1.82) is 0 Å². The van der Waals surface area contributed by atoms with E-state index in [9.17, 15) is 9.90 Å². The first-order valence-electron chi connectivity index (χ1n) is 10.1. The Morgan fingerprint density at radius 1 is 1.19 bits per heavy atom. The van der Waals surface area contributed by atoms with E-state index >= 15 is 0 Å². The summed E-state index contributed by atoms with van der Waals surface area (Å²) >= 11 is 0. The third-order valence-corrected chi connectivity index (χ3v) is 4.81. The van der Waals surface area contributed by atoms with Crippen LogP contribution in [0, 0.1) is 13.8 Å². The van der Waals surface area contributed by atoms with Crippen LogP contribution < -0.4 is 10.1 Å². The van der Waals surface area contributed by atoms with Gasteiger partial charge in [0.2, 0.25) is 0 Å². The first-order valence-corrected chi connectivity index (χ1v) is 10.1. The highest BCUT2D eigenvalue weighted by molar-refractivity contribution is 6.03. The van der Waals surface area contributed by atoms with E-state index in [4.69, 9.17) is 9.84 Å². The number of benzene rings is 1. The van der Waals surface area contributed by atoms with E-state index in [2.05, 4.69) is 20.4 Å². The molecule has 1 amide bonds. The second kappa shape index (κ2) is 9.13. The number of pyridine rings is 1. The van der Waals surface area contributed by atoms with Crippen molar-refractivity contribution in [2.24, 2.45) is 0 Å². The molecule has 32 heavy (non-hydrogen) atoms. The molecule has 0 aliphatic carbocycles. The molecule has 9 heteroatoms. The molecule has 0 saturated carbocycles. The summed E-state index contributed by atoms with van der Waals surface area (Å²) in [5, 5.41) is 25.9. The largest absolute Gasteiger partial charge is 0.491 e. The minimum Gasteiger partial charge on any atom is -0.491 e. The lowest BCUT2D eigenvalue weighted by atomic mass is 10.1. The Morgan fingerprint density at radius 2 is 2.03 bits per heavy atom. The zero-order valence-corrected chi connectivity index (χ0v) is 17.7. The molecule has 0 saturated heterocycles. The second-order valence-electron chi connectivity index (χ2n) is 7.38. The molecular weight excluding hydrogens is 410 g/mol. The number of imidazole rings is 1. The van der Waals surface area contributed by atoms with Crippen LogP contribution in [-0.4, -0.2) is 55.0 Å². The van der Waals surface area contributed by atoms with Crippen LogP contribution >= 0.6 is 0 Å². The van der Waals surface area contributed by atoms with Crippen molar-refractivity contribution in [1.82, 2.24) is 19.6 Å². The molecular formula is C23H23N5O4. The van der Waals surface area contributed by atoms with Crippen LogP contribution in [0.25, 0.3) is 16.9 Å². The SMILES string of the molecule is Cc1ccnc(NC(=O)c2c(C)nc3ccc(-c4cccc(OC[C@H](O)CO)c4)nn23)c1. The second-order valence-corrected chi connectivity index (χ2v) is 7.38. The standard InChI is InChI=1S/C23H23N5O4/c1-14-8-9-24-20(10-14)26-23(31)22-15(2)25-21-7-6-19(27-28(21)22)16-4-3-5-18(11-16)32-13-17(30)12-29/h3-11,17,29-30H,12-13H2,1-2H3,(H,24,26,31)/t17-/m1/s1. The lowest BCUT2D eigenvalue weighted by Crippen LogP contribution is -2.21. The zero-order chi connectivity index (χ0) is 22.7. The molecule has 0 spiro atoms. The van der Waals surface area contributed by atoms with Gasteiger partial charge in [-0.2, -0.15) is 5.10 Å². The molecule has 4 rings (SSSR count). The number of hydrogen-bond donors (Lipinski definition) is 3. The number of aromatic nitrogens is 4. The molecule has 9 nitrogen and oxygen atoms in total. The van der Waals surface area contributed by atoms with Crippen LogP contribution in [-0.2, 0) is 0 Å². The lowest BCUT2D eigenvalue weighted by molar-refractivity contribution is 0.0536. The Morgan fingerprint density at radius 3 is 2.81 bits per heavy atom. The quantitative estimate of drug-likeness (QED) is 0.409. The van der Waals surface area contributed by atoms with Gasteiger partial charge in [-0.15, -0.1) is 0 Å². The van der Waals surface area contributed by atoms with Gasteiger partial charge in [-0.25, -0.2) is 14.5 Å². The molecule has 3 aromatic heterocycles. The number of aliphatic hydroxyl groups is 2. The highest BCUT2D eigenvalue weighted by Crippen LogP contribution is 2.24. The predicted octanol–water partition coefficient (Wildman–Crippen LogP) is 2.39. The molecule has 3 heterocycles. The highest BCUT2D eigenvalue weighted by Gasteiger charge is 2.19. The van der Waals surface area contributed by atoms with Gasteiger partial charge in [-0.3, -0.25) is 4.79 Å². The summed E-state index contributed by atoms with van der Waals surface area (Å²) in [5.74, 6) is 0.630. The van der Waals surface area contributed by atoms with E-state index < -0.39 is 6.10 Å². The number of nitrogens with one attached hydrogen (secondary N) is 1. The normalized spacial score (nSPS) is 12.0. The fourth-order valence-corrected chi connectivity index (χ4v) is 3.23. The average Bonchev–Trinajstić information content (AvgIpc) is 3.12. The summed E-state index contributed by atoms with van der Waals surface area (Å²) in [6.45, 7) is 3.28. The molecule has 0 aliphatic rings. The number of carbonyl (C=O) groups excluding carboxylic acids is 1. The van der Waals surface area contributed by atoms with Crippen molar-refractivity contribution >= 4 is 17.4 Å². The summed E-state index contributed by atoms with van der Waals surface area (Å²) in [4.78, 5) is 21.6. The minimum absolute atomic E-state index is 0.0234. The van der Waals surface area contributed by atoms with E-state index in [1.165, 1.54) is 4.52 Å². The molecule has 0 bridgehead atoms. The van der Waals surface area contributed by atoms with Crippen molar-refractivity contribution in [3.63, 3.8) is 0 Å². The van der Waals surface area contributed by atoms with Gasteiger partial charge < -0.3 is 20.3 Å². The smallest absolute Gasteiger partial charge is 0.277 e. The number of anilines is 1. The number of nitrogens with zero attached hydrogens (tertiary/aromatic N) is 4. The van der Waals surface area contributed by atoms with E-state index in [-0.39, 0.29) is 19.1 Å². The lowest BCUT2D eigenvalue weighted by Gasteiger charge is -2.11. The van der Waals surface area contributed by atoms with Crippen LogP contribution in [0.2, 0.25) is 0 Å². The van der Waals surface area contributed by atoms with Crippen LogP contribution in [0.3, 0.4) is 0 Å². The summed E-state index contributed by atoms with van der Waals surface area (Å²) < 4.78 is 7.04. The van der Waals surface area contributed by atoms with E-state index in [1.54, 1.807) is 43.5 Å². The van der Waals surface area contributed by atoms with Gasteiger partial charge in [0.15, 0.2) is 11.3 Å². The average molecular weight is 433 g/mol. The number of rotatable bonds is 7. The minimum atomic E-state index is -0.953. The van der Waals surface area contributed by atoms with Crippen LogP contribution in [0.15, 0.2) is 54.7 Å². The topological polar surface area (TPSA) is 122 Å². The predicted molar refractivity (Wildman–Crippen MR) is 119 cm³/mol. The number of amides is 1. The Bertz CT molecular complexity index is 1270. The van der Waals surface area contributed by atoms with Crippen molar-refractivity contribution in [2.45, 2.75) is 20.0 Å². The maximum atomic E-state index is 13.0. The molecule has 3 N–H and O–H groups in total. The fourth-order valence-electron chi connectivity index (χ4n) is 3.23. The maximum absolute atomic E-state index is 13.0. The molecule has 0 fully saturated rings. The molecule has 4 aromatic rings. The number of aryl methyl sites for hydroxylation is 2. The maximum Gasteiger partial charge on any atom is 0.277 e. The number of aliphatic hydroxyl groups excluding tert-OH is 2. The van der Waals surface area contributed by atoms with Gasteiger partial charge in [0.25, 0.3) is 5.91 Å². The first-order chi connectivity index (χ1) is 15.4. The van der Waals surface area contributed by atoms with Gasteiger partial charge in [-0.1, -0.05) is 12.1 Å². The summed E-state index contributed by atoms with van der Waals surface area (Å²) in [7, 11) is 0. The van der Waals surface area contributed by atoms with E-state index in [0.29, 0.717) is 34.3 Å². The molecule has 164 valence electrons. The number of hydrogen-bond acceptors (Lipinski definition) is 7. The first kappa shape index (κ1) is 21.4. The Hall–Kier alpha value is -3.82. The Labute approximate surface area is 184 Å². The van der Waals surface area contributed by atoms with Crippen molar-refractivity contribution < 1.29 is 19.7 Å². The number of carbonyl (C=O) groups is 1. The van der Waals surface area contributed by atoms with Gasteiger partial charge in [-0.05, 0) is 55.8 Å². The summed E-state index contributed by atoms with van der Waals surface area (Å²) in [5.41, 5.74) is 3.79. The number of ether oxygens (including phenoxy) is 1. The van der Waals surface area contributed by atoms with Gasteiger partial charge in [0.1, 0.15) is 24.3 Å². The van der Waals surface area contributed by atoms with Gasteiger partial charge in [0, 0.05) is 11.8 Å². The van der Waals surface area contributed by atoms with Gasteiger partial charge >= 0.3 is 0 Å². The third-order valence-electron chi connectivity index (χ3n) is 4.81. The molecule has 1 aromatic carbocycles. The molecule has 1 atom stereocenters. The van der Waals surface area contributed by atoms with Crippen LogP contribution in [0.5, 0.6) is 5.75 Å². The van der Waals surface area contributed by atoms with E-state index in [1.807, 2.05) is 25.1 Å². The highest BCUT2D eigenvalue weighted by atomic mass is 16.5. The Balaban J connectivity index is 1.65. The van der Waals surface area contributed by atoms with Gasteiger partial charge in [0.05, 0.1) is 18.0 Å². The zero-order valence-electron chi connectivity index (χ0n) is 17.7. The van der Waals surface area contributed by atoms with Crippen LogP contribution in [0.1, 0.15) is 21.7 Å². The third kappa shape index (κ3) is 4.58. The number of fused-ring (bicyclic) bond motifs is 1.